The Morgan fingerprint density at radius 2 is 1.48 bits per heavy atom. The van der Waals surface area contributed by atoms with Gasteiger partial charge < -0.3 is 10.1 Å². The number of hydrogen-bond acceptors (Lipinski definition) is 4. The molecule has 29 heavy (non-hydrogen) atoms. The molecule has 0 heterocycles. The van der Waals surface area contributed by atoms with Crippen LogP contribution in [-0.4, -0.2) is 21.4 Å². The second kappa shape index (κ2) is 8.36. The molecule has 0 aliphatic heterocycles. The summed E-state index contributed by atoms with van der Waals surface area (Å²) < 4.78 is 33.4. The van der Waals surface area contributed by atoms with Crippen LogP contribution in [0.5, 0.6) is 5.75 Å². The van der Waals surface area contributed by atoms with E-state index in [9.17, 15) is 13.2 Å². The molecule has 0 aliphatic carbocycles. The molecule has 3 aromatic carbocycles. The van der Waals surface area contributed by atoms with E-state index in [1.54, 1.807) is 55.5 Å². The van der Waals surface area contributed by atoms with Crippen molar-refractivity contribution in [3.05, 3.63) is 83.4 Å². The van der Waals surface area contributed by atoms with Gasteiger partial charge >= 0.3 is 0 Å². The lowest BCUT2D eigenvalue weighted by atomic mass is 10.1. The van der Waals surface area contributed by atoms with Crippen LogP contribution >= 0.6 is 0 Å². The highest BCUT2D eigenvalue weighted by Crippen LogP contribution is 2.23. The molecule has 0 aromatic heterocycles. The second-order valence-corrected chi connectivity index (χ2v) is 8.29. The monoisotopic (exact) mass is 410 g/mol. The molecular formula is C22H22N2O4S. The highest BCUT2D eigenvalue weighted by Gasteiger charge is 2.19. The van der Waals surface area contributed by atoms with Gasteiger partial charge in [0.25, 0.3) is 15.9 Å². The first kappa shape index (κ1) is 20.4. The third-order valence-corrected chi connectivity index (χ3v) is 5.91. The molecule has 0 saturated heterocycles. The summed E-state index contributed by atoms with van der Waals surface area (Å²) in [5.74, 6) is 0.244. The van der Waals surface area contributed by atoms with Crippen LogP contribution in [0.4, 0.5) is 11.4 Å². The number of carbonyl (C=O) groups excluding carboxylic acids is 1. The fourth-order valence-electron chi connectivity index (χ4n) is 2.74. The summed E-state index contributed by atoms with van der Waals surface area (Å²) in [7, 11) is -2.33. The molecule has 3 rings (SSSR count). The van der Waals surface area contributed by atoms with Gasteiger partial charge in [0.05, 0.1) is 12.0 Å². The summed E-state index contributed by atoms with van der Waals surface area (Å²) in [6.45, 7) is 3.64. The Hall–Kier alpha value is -3.32. The highest BCUT2D eigenvalue weighted by atomic mass is 32.2. The van der Waals surface area contributed by atoms with Crippen molar-refractivity contribution < 1.29 is 17.9 Å². The maximum absolute atomic E-state index is 12.9. The molecule has 0 bridgehead atoms. The van der Waals surface area contributed by atoms with Gasteiger partial charge in [-0.2, -0.15) is 0 Å². The van der Waals surface area contributed by atoms with Crippen LogP contribution in [-0.2, 0) is 10.0 Å². The number of nitrogens with one attached hydrogen (secondary N) is 2. The van der Waals surface area contributed by atoms with Crippen LogP contribution in [0, 0.1) is 13.8 Å². The highest BCUT2D eigenvalue weighted by molar-refractivity contribution is 7.92. The quantitative estimate of drug-likeness (QED) is 0.632. The van der Waals surface area contributed by atoms with E-state index in [2.05, 4.69) is 10.0 Å². The Morgan fingerprint density at radius 3 is 2.10 bits per heavy atom. The SMILES string of the molecule is COc1ccc(NS(=O)(=O)c2cc(C(=O)Nc3ccc(C)cc3)ccc2C)cc1. The number of amides is 1. The third kappa shape index (κ3) is 4.94. The largest absolute Gasteiger partial charge is 0.497 e. The molecule has 7 heteroatoms. The Morgan fingerprint density at radius 1 is 0.862 bits per heavy atom. The smallest absolute Gasteiger partial charge is 0.262 e. The first-order valence-corrected chi connectivity index (χ1v) is 10.4. The van der Waals surface area contributed by atoms with E-state index >= 15 is 0 Å². The molecule has 0 spiro atoms. The first-order valence-electron chi connectivity index (χ1n) is 8.94. The van der Waals surface area contributed by atoms with Crippen LogP contribution in [0.15, 0.2) is 71.6 Å². The molecule has 6 nitrogen and oxygen atoms in total. The van der Waals surface area contributed by atoms with E-state index in [0.717, 1.165) is 5.56 Å². The average molecular weight is 410 g/mol. The fraction of sp³-hybridized carbons (Fsp3) is 0.136. The van der Waals surface area contributed by atoms with E-state index in [-0.39, 0.29) is 16.4 Å². The van der Waals surface area contributed by atoms with Gasteiger partial charge in [-0.25, -0.2) is 8.42 Å². The molecule has 0 fully saturated rings. The van der Waals surface area contributed by atoms with Gasteiger partial charge in [0, 0.05) is 16.9 Å². The number of benzene rings is 3. The topological polar surface area (TPSA) is 84.5 Å². The van der Waals surface area contributed by atoms with Crippen LogP contribution in [0.1, 0.15) is 21.5 Å². The van der Waals surface area contributed by atoms with Gasteiger partial charge in [-0.1, -0.05) is 23.8 Å². The number of rotatable bonds is 6. The van der Waals surface area contributed by atoms with Crippen molar-refractivity contribution in [2.24, 2.45) is 0 Å². The van der Waals surface area contributed by atoms with Crippen molar-refractivity contribution in [1.29, 1.82) is 0 Å². The van der Waals surface area contributed by atoms with Crippen LogP contribution in [0.2, 0.25) is 0 Å². The van der Waals surface area contributed by atoms with Gasteiger partial charge in [-0.3, -0.25) is 9.52 Å². The Balaban J connectivity index is 1.84. The van der Waals surface area contributed by atoms with Crippen molar-refractivity contribution in [2.75, 3.05) is 17.1 Å². The lowest BCUT2D eigenvalue weighted by molar-refractivity contribution is 0.102. The zero-order valence-corrected chi connectivity index (χ0v) is 17.2. The van der Waals surface area contributed by atoms with Crippen molar-refractivity contribution in [1.82, 2.24) is 0 Å². The number of methoxy groups -OCH3 is 1. The van der Waals surface area contributed by atoms with Gasteiger partial charge in [0.2, 0.25) is 0 Å². The van der Waals surface area contributed by atoms with Crippen molar-refractivity contribution in [3.8, 4) is 5.75 Å². The van der Waals surface area contributed by atoms with Gasteiger partial charge in [-0.15, -0.1) is 0 Å². The maximum atomic E-state index is 12.9. The predicted octanol–water partition coefficient (Wildman–Crippen LogP) is 4.37. The molecule has 150 valence electrons. The minimum absolute atomic E-state index is 0.0462. The summed E-state index contributed by atoms with van der Waals surface area (Å²) in [6, 6.07) is 18.5. The number of anilines is 2. The predicted molar refractivity (Wildman–Crippen MR) is 114 cm³/mol. The molecule has 3 aromatic rings. The Labute approximate surface area is 170 Å². The number of sulfonamides is 1. The standard InChI is InChI=1S/C22H22N2O4S/c1-15-4-8-18(9-5-15)23-22(25)17-7-6-16(2)21(14-17)29(26,27)24-19-10-12-20(28-3)13-11-19/h4-14,24H,1-3H3,(H,23,25). The summed E-state index contributed by atoms with van der Waals surface area (Å²) >= 11 is 0. The average Bonchev–Trinajstić information content (AvgIpc) is 2.70. The Kier molecular flexibility index (Phi) is 5.89. The van der Waals surface area contributed by atoms with E-state index in [1.165, 1.54) is 13.2 Å². The zero-order valence-electron chi connectivity index (χ0n) is 16.4. The molecular weight excluding hydrogens is 388 g/mol. The number of ether oxygens (including phenoxy) is 1. The van der Waals surface area contributed by atoms with E-state index in [1.807, 2.05) is 19.1 Å². The number of carbonyl (C=O) groups is 1. The minimum Gasteiger partial charge on any atom is -0.497 e. The normalized spacial score (nSPS) is 11.0. The molecule has 0 aliphatic rings. The summed E-state index contributed by atoms with van der Waals surface area (Å²) in [4.78, 5) is 12.6. The lowest BCUT2D eigenvalue weighted by Gasteiger charge is -2.13. The molecule has 2 N–H and O–H groups in total. The minimum atomic E-state index is -3.87. The first-order chi connectivity index (χ1) is 13.8. The van der Waals surface area contributed by atoms with Crippen LogP contribution < -0.4 is 14.8 Å². The van der Waals surface area contributed by atoms with Crippen LogP contribution in [0.3, 0.4) is 0 Å². The fourth-order valence-corrected chi connectivity index (χ4v) is 4.07. The Bertz CT molecular complexity index is 1120. The molecule has 0 saturated carbocycles. The summed E-state index contributed by atoms with van der Waals surface area (Å²) in [5.41, 5.74) is 2.92. The number of aryl methyl sites for hydroxylation is 2. The van der Waals surface area contributed by atoms with E-state index in [0.29, 0.717) is 22.7 Å². The molecule has 0 atom stereocenters. The van der Waals surface area contributed by atoms with Crippen molar-refractivity contribution in [2.45, 2.75) is 18.7 Å². The zero-order chi connectivity index (χ0) is 21.0. The second-order valence-electron chi connectivity index (χ2n) is 6.63. The molecule has 0 unspecified atom stereocenters. The lowest BCUT2D eigenvalue weighted by Crippen LogP contribution is -2.17. The van der Waals surface area contributed by atoms with Crippen molar-refractivity contribution in [3.63, 3.8) is 0 Å². The van der Waals surface area contributed by atoms with Gasteiger partial charge in [0.1, 0.15) is 5.75 Å². The van der Waals surface area contributed by atoms with Crippen LogP contribution in [0.25, 0.3) is 0 Å². The maximum Gasteiger partial charge on any atom is 0.262 e. The van der Waals surface area contributed by atoms with E-state index in [4.69, 9.17) is 4.74 Å². The van der Waals surface area contributed by atoms with Crippen molar-refractivity contribution >= 4 is 27.3 Å². The summed E-state index contributed by atoms with van der Waals surface area (Å²) in [6.07, 6.45) is 0. The van der Waals surface area contributed by atoms with Gasteiger partial charge in [0.15, 0.2) is 0 Å². The number of hydrogen-bond donors (Lipinski definition) is 2. The van der Waals surface area contributed by atoms with E-state index < -0.39 is 10.0 Å². The molecule has 0 radical (unpaired) electrons. The van der Waals surface area contributed by atoms with Gasteiger partial charge in [-0.05, 0) is 67.9 Å². The molecule has 1 amide bonds. The third-order valence-electron chi connectivity index (χ3n) is 4.39. The summed E-state index contributed by atoms with van der Waals surface area (Å²) in [5, 5.41) is 2.78.